The number of nitrogens with zero attached hydrogens (tertiary/aromatic N) is 2. The number of carbonyl (C=O) groups is 4. The summed E-state index contributed by atoms with van der Waals surface area (Å²) in [7, 11) is 0. The van der Waals surface area contributed by atoms with Gasteiger partial charge in [-0.2, -0.15) is 0 Å². The van der Waals surface area contributed by atoms with E-state index in [4.69, 9.17) is 11.5 Å². The molecule has 8 nitrogen and oxygen atoms in total. The molecule has 2 aliphatic heterocycles. The topological polar surface area (TPSA) is 127 Å². The lowest BCUT2D eigenvalue weighted by atomic mass is 9.99. The van der Waals surface area contributed by atoms with Gasteiger partial charge in [0.2, 0.25) is 0 Å². The Balaban J connectivity index is 1.05. The van der Waals surface area contributed by atoms with Crippen LogP contribution in [-0.2, 0) is 0 Å². The highest BCUT2D eigenvalue weighted by Crippen LogP contribution is 2.38. The Morgan fingerprint density at radius 1 is 0.360 bits per heavy atom. The van der Waals surface area contributed by atoms with Crippen molar-refractivity contribution in [1.29, 1.82) is 0 Å². The molecule has 0 aliphatic carbocycles. The average molecular weight is 655 g/mol. The maximum Gasteiger partial charge on any atom is 0.266 e. The van der Waals surface area contributed by atoms with E-state index in [2.05, 4.69) is 0 Å². The number of imide groups is 2. The van der Waals surface area contributed by atoms with Gasteiger partial charge in [-0.3, -0.25) is 19.2 Å². The molecule has 8 rings (SSSR count). The third-order valence-electron chi connectivity index (χ3n) is 9.47. The van der Waals surface area contributed by atoms with E-state index in [9.17, 15) is 19.2 Å². The first kappa shape index (κ1) is 30.5. The van der Waals surface area contributed by atoms with E-state index < -0.39 is 0 Å². The fraction of sp³-hybridized carbons (Fsp3) is 0.0476. The van der Waals surface area contributed by atoms with E-state index in [1.54, 1.807) is 60.7 Å². The second-order valence-electron chi connectivity index (χ2n) is 12.7. The zero-order chi connectivity index (χ0) is 34.8. The third kappa shape index (κ3) is 4.85. The number of amides is 4. The van der Waals surface area contributed by atoms with Gasteiger partial charge in [0, 0.05) is 11.4 Å². The number of nitrogen functional groups attached to an aromatic ring is 2. The number of rotatable bonds is 5. The molecule has 0 aromatic heterocycles. The van der Waals surface area contributed by atoms with Gasteiger partial charge in [-0.15, -0.1) is 0 Å². The highest BCUT2D eigenvalue weighted by atomic mass is 16.2. The van der Waals surface area contributed by atoms with E-state index in [0.29, 0.717) is 45.0 Å². The van der Waals surface area contributed by atoms with Gasteiger partial charge in [0.05, 0.1) is 33.6 Å². The number of aryl methyl sites for hydroxylation is 2. The van der Waals surface area contributed by atoms with E-state index >= 15 is 0 Å². The normalized spacial score (nSPS) is 13.6. The standard InChI is InChI=1S/C42H30N4O4/c1-23-19-27(9-17-37(23)45-39(47)33-15-7-29(21-35(33)41(45)49)25-3-11-31(43)12-4-25)28-10-18-38(24(2)20-28)46-40(48)34-16-8-30(22-36(34)42(46)50)26-5-13-32(44)14-6-26/h3-22H,43-44H2,1-2H3. The Kier molecular flexibility index (Phi) is 6.97. The molecule has 0 saturated carbocycles. The Labute approximate surface area is 288 Å². The van der Waals surface area contributed by atoms with Crippen molar-refractivity contribution < 1.29 is 19.2 Å². The number of hydrogen-bond donors (Lipinski definition) is 2. The Morgan fingerprint density at radius 3 is 1.02 bits per heavy atom. The molecule has 2 aliphatic rings. The van der Waals surface area contributed by atoms with Crippen LogP contribution in [-0.4, -0.2) is 23.6 Å². The van der Waals surface area contributed by atoms with Crippen LogP contribution in [0, 0.1) is 13.8 Å². The van der Waals surface area contributed by atoms with Crippen molar-refractivity contribution >= 4 is 46.4 Å². The lowest BCUT2D eigenvalue weighted by Gasteiger charge is -2.19. The highest BCUT2D eigenvalue weighted by Gasteiger charge is 2.39. The Hall–Kier alpha value is -6.80. The maximum absolute atomic E-state index is 13.6. The molecule has 0 atom stereocenters. The predicted molar refractivity (Wildman–Crippen MR) is 196 cm³/mol. The second-order valence-corrected chi connectivity index (χ2v) is 12.7. The minimum absolute atomic E-state index is 0.355. The summed E-state index contributed by atoms with van der Waals surface area (Å²) in [6.45, 7) is 3.72. The average Bonchev–Trinajstić information content (AvgIpc) is 3.51. The summed E-state index contributed by atoms with van der Waals surface area (Å²) in [5.41, 5.74) is 22.0. The SMILES string of the molecule is Cc1cc(-c2ccc(N3C(=O)c4ccc(-c5ccc(N)cc5)cc4C3=O)c(C)c2)ccc1N1C(=O)c2ccc(-c3ccc(N)cc3)cc2C1=O. The van der Waals surface area contributed by atoms with Crippen LogP contribution in [0.2, 0.25) is 0 Å². The molecule has 0 saturated heterocycles. The molecule has 50 heavy (non-hydrogen) atoms. The molecule has 6 aromatic carbocycles. The van der Waals surface area contributed by atoms with E-state index in [0.717, 1.165) is 44.5 Å². The monoisotopic (exact) mass is 654 g/mol. The van der Waals surface area contributed by atoms with E-state index in [1.807, 2.05) is 74.5 Å². The molecular weight excluding hydrogens is 624 g/mol. The molecule has 0 unspecified atom stereocenters. The Morgan fingerprint density at radius 2 is 0.660 bits per heavy atom. The highest BCUT2D eigenvalue weighted by molar-refractivity contribution is 6.35. The molecule has 242 valence electrons. The number of benzene rings is 6. The Bertz CT molecular complexity index is 2280. The van der Waals surface area contributed by atoms with Gasteiger partial charge in [0.15, 0.2) is 0 Å². The number of hydrogen-bond acceptors (Lipinski definition) is 6. The minimum atomic E-state index is -0.375. The fourth-order valence-corrected chi connectivity index (χ4v) is 6.80. The zero-order valence-corrected chi connectivity index (χ0v) is 27.2. The maximum atomic E-state index is 13.6. The molecular formula is C42H30N4O4. The smallest absolute Gasteiger partial charge is 0.266 e. The summed E-state index contributed by atoms with van der Waals surface area (Å²) in [5, 5.41) is 0. The van der Waals surface area contributed by atoms with E-state index in [-0.39, 0.29) is 23.6 Å². The zero-order valence-electron chi connectivity index (χ0n) is 27.2. The van der Waals surface area contributed by atoms with Gasteiger partial charge >= 0.3 is 0 Å². The number of carbonyl (C=O) groups excluding carboxylic acids is 4. The summed E-state index contributed by atoms with van der Waals surface area (Å²) in [6.07, 6.45) is 0. The van der Waals surface area contributed by atoms with Crippen molar-refractivity contribution in [2.24, 2.45) is 0 Å². The van der Waals surface area contributed by atoms with Gasteiger partial charge in [-0.25, -0.2) is 9.80 Å². The van der Waals surface area contributed by atoms with Crippen LogP contribution >= 0.6 is 0 Å². The molecule has 4 N–H and O–H groups in total. The quantitative estimate of drug-likeness (QED) is 0.143. The first-order valence-electron chi connectivity index (χ1n) is 16.1. The van der Waals surface area contributed by atoms with Crippen LogP contribution in [0.15, 0.2) is 121 Å². The lowest BCUT2D eigenvalue weighted by Crippen LogP contribution is -2.30. The lowest BCUT2D eigenvalue weighted by molar-refractivity contribution is 0.0910. The van der Waals surface area contributed by atoms with Crippen LogP contribution in [0.3, 0.4) is 0 Å². The molecule has 0 bridgehead atoms. The second kappa shape index (κ2) is 11.4. The van der Waals surface area contributed by atoms with Crippen molar-refractivity contribution in [1.82, 2.24) is 0 Å². The van der Waals surface area contributed by atoms with Gasteiger partial charge in [-0.05, 0) is 131 Å². The largest absolute Gasteiger partial charge is 0.399 e. The van der Waals surface area contributed by atoms with Gasteiger partial charge in [0.1, 0.15) is 0 Å². The summed E-state index contributed by atoms with van der Waals surface area (Å²) >= 11 is 0. The molecule has 8 heteroatoms. The van der Waals surface area contributed by atoms with Gasteiger partial charge in [-0.1, -0.05) is 48.5 Å². The van der Waals surface area contributed by atoms with Gasteiger partial charge < -0.3 is 11.5 Å². The van der Waals surface area contributed by atoms with Crippen molar-refractivity contribution in [2.75, 3.05) is 21.3 Å². The first-order valence-corrected chi connectivity index (χ1v) is 16.1. The summed E-state index contributed by atoms with van der Waals surface area (Å²) in [5.74, 6) is -1.49. The fourth-order valence-electron chi connectivity index (χ4n) is 6.80. The van der Waals surface area contributed by atoms with Crippen LogP contribution in [0.4, 0.5) is 22.7 Å². The van der Waals surface area contributed by atoms with Gasteiger partial charge in [0.25, 0.3) is 23.6 Å². The minimum Gasteiger partial charge on any atom is -0.399 e. The van der Waals surface area contributed by atoms with Crippen molar-refractivity contribution in [3.8, 4) is 33.4 Å². The van der Waals surface area contributed by atoms with E-state index in [1.165, 1.54) is 9.80 Å². The van der Waals surface area contributed by atoms with Crippen molar-refractivity contribution in [2.45, 2.75) is 13.8 Å². The summed E-state index contributed by atoms with van der Waals surface area (Å²) in [6, 6.07) is 36.4. The van der Waals surface area contributed by atoms with Crippen LogP contribution in [0.25, 0.3) is 33.4 Å². The molecule has 0 fully saturated rings. The number of anilines is 4. The third-order valence-corrected chi connectivity index (χ3v) is 9.47. The molecule has 0 spiro atoms. The predicted octanol–water partition coefficient (Wildman–Crippen LogP) is 8.07. The molecule has 6 aromatic rings. The summed E-state index contributed by atoms with van der Waals surface area (Å²) in [4.78, 5) is 56.6. The molecule has 0 radical (unpaired) electrons. The van der Waals surface area contributed by atoms with Crippen LogP contribution in [0.5, 0.6) is 0 Å². The molecule has 2 heterocycles. The summed E-state index contributed by atoms with van der Waals surface area (Å²) < 4.78 is 0. The molecule has 4 amide bonds. The number of fused-ring (bicyclic) bond motifs is 2. The number of nitrogens with two attached hydrogens (primary N) is 2. The van der Waals surface area contributed by atoms with Crippen LogP contribution < -0.4 is 21.3 Å². The first-order chi connectivity index (χ1) is 24.1. The van der Waals surface area contributed by atoms with Crippen molar-refractivity contribution in [3.05, 3.63) is 155 Å². The van der Waals surface area contributed by atoms with Crippen molar-refractivity contribution in [3.63, 3.8) is 0 Å². The van der Waals surface area contributed by atoms with Crippen LogP contribution in [0.1, 0.15) is 52.6 Å².